The Hall–Kier alpha value is 1.79. The van der Waals surface area contributed by atoms with Crippen LogP contribution in [-0.4, -0.2) is 70.9 Å². The summed E-state index contributed by atoms with van der Waals surface area (Å²) in [5.74, 6) is 2.06. The molecule has 1 aromatic carbocycles. The molecule has 1 fully saturated rings. The molecule has 6 heteroatoms. The molecule has 8 radical (unpaired) electrons. The first kappa shape index (κ1) is 16.9. The van der Waals surface area contributed by atoms with E-state index in [0.29, 0.717) is 10.5 Å². The van der Waals surface area contributed by atoms with Gasteiger partial charge in [0.2, 0.25) is 0 Å². The van der Waals surface area contributed by atoms with Crippen LogP contribution in [0.4, 0.5) is 0 Å². The highest BCUT2D eigenvalue weighted by Crippen LogP contribution is 2.67. The van der Waals surface area contributed by atoms with Crippen LogP contribution in [0.15, 0.2) is 23.6 Å². The molecule has 0 amide bonds. The molecule has 5 rings (SSSR count). The topological polar surface area (TPSA) is 0 Å². The first-order valence-corrected chi connectivity index (χ1v) is 12.4. The van der Waals surface area contributed by atoms with Crippen molar-refractivity contribution in [3.63, 3.8) is 0 Å². The fourth-order valence-electron chi connectivity index (χ4n) is 4.93. The third-order valence-corrected chi connectivity index (χ3v) is 12.6. The molecular formula is C17H14Al4S2. The average Bonchev–Trinajstić information content (AvgIpc) is 3.18. The van der Waals surface area contributed by atoms with E-state index in [9.17, 15) is 0 Å². The fourth-order valence-corrected chi connectivity index (χ4v) is 10.7. The van der Waals surface area contributed by atoms with Crippen molar-refractivity contribution in [1.29, 1.82) is 0 Å². The number of allylic oxidation sites excluding steroid dienone is 1. The van der Waals surface area contributed by atoms with Gasteiger partial charge in [-0.3, -0.25) is 0 Å². The summed E-state index contributed by atoms with van der Waals surface area (Å²) < 4.78 is 0.215. The fraction of sp³-hybridized carbons (Fsp3) is 0.529. The van der Waals surface area contributed by atoms with Crippen molar-refractivity contribution in [2.75, 3.05) is 5.75 Å². The zero-order valence-corrected chi connectivity index (χ0v) is 19.3. The minimum absolute atomic E-state index is 0.0494. The molecule has 2 aliphatic heterocycles. The van der Waals surface area contributed by atoms with Crippen molar-refractivity contribution < 1.29 is 0 Å². The monoisotopic (exact) mass is 390 g/mol. The second-order valence-electron chi connectivity index (χ2n) is 7.62. The summed E-state index contributed by atoms with van der Waals surface area (Å²) in [6.45, 7) is 2.42. The second-order valence-corrected chi connectivity index (χ2v) is 14.9. The summed E-state index contributed by atoms with van der Waals surface area (Å²) >= 11 is 16.8. The van der Waals surface area contributed by atoms with E-state index < -0.39 is 0 Å². The average molecular weight is 390 g/mol. The van der Waals surface area contributed by atoms with Crippen LogP contribution in [-0.2, 0) is 6.28 Å². The standard InChI is InChI=1S/C17H14S2.4Al/c1-17-3-5-19-16(17)14-7-11-6-10-2-4-18-15(10)13(11)8-12(14)9-17;;;;/h3,5,7-8,10,15-16H,2,4H2,1H3;;;;. The van der Waals surface area contributed by atoms with Crippen LogP contribution in [0.3, 0.4) is 0 Å². The highest BCUT2D eigenvalue weighted by molar-refractivity contribution is 8.02. The molecule has 1 saturated heterocycles. The molecule has 0 N–H and O–H groups in total. The lowest BCUT2D eigenvalue weighted by atomic mass is 9.85. The number of hydrogen-bond donors (Lipinski definition) is 0. The van der Waals surface area contributed by atoms with Gasteiger partial charge in [0.05, 0.1) is 0 Å². The van der Waals surface area contributed by atoms with Crippen molar-refractivity contribution in [1.82, 2.24) is 0 Å². The van der Waals surface area contributed by atoms with E-state index in [2.05, 4.69) is 107 Å². The summed E-state index contributed by atoms with van der Waals surface area (Å²) in [5.41, 5.74) is 6.45. The third kappa shape index (κ3) is 1.97. The Morgan fingerprint density at radius 3 is 2.61 bits per heavy atom. The SMILES string of the molecule is CC12C=CSC1c1cc3c(cc1[C]2([Al])[Al])C1SCCC1[C]3([Al])[Al]. The van der Waals surface area contributed by atoms with Crippen LogP contribution in [0.5, 0.6) is 0 Å². The normalized spacial score (nSPS) is 40.7. The summed E-state index contributed by atoms with van der Waals surface area (Å²) in [7, 11) is 0. The first-order chi connectivity index (χ1) is 10.8. The van der Waals surface area contributed by atoms with Gasteiger partial charge in [-0.1, -0.05) is 36.3 Å². The number of benzene rings is 1. The van der Waals surface area contributed by atoms with E-state index in [-0.39, 0.29) is 11.7 Å². The molecule has 0 nitrogen and oxygen atoms in total. The van der Waals surface area contributed by atoms with Crippen LogP contribution in [0, 0.1) is 11.3 Å². The van der Waals surface area contributed by atoms with Crippen molar-refractivity contribution in [2.24, 2.45) is 11.3 Å². The quantitative estimate of drug-likeness (QED) is 0.625. The lowest BCUT2D eigenvalue weighted by Gasteiger charge is -2.40. The predicted octanol–water partition coefficient (Wildman–Crippen LogP) is 2.80. The molecule has 1 aromatic rings. The number of fused-ring (bicyclic) bond motifs is 6. The highest BCUT2D eigenvalue weighted by atomic mass is 32.2. The molecule has 0 saturated carbocycles. The maximum atomic E-state index is 3.18. The van der Waals surface area contributed by atoms with E-state index in [4.69, 9.17) is 0 Å². The lowest BCUT2D eigenvalue weighted by Crippen LogP contribution is -2.40. The van der Waals surface area contributed by atoms with Crippen LogP contribution < -0.4 is 0 Å². The minimum atomic E-state index is 0.0494. The van der Waals surface area contributed by atoms with E-state index in [1.165, 1.54) is 17.7 Å². The van der Waals surface area contributed by atoms with Crippen LogP contribution >= 0.6 is 23.5 Å². The van der Waals surface area contributed by atoms with Gasteiger partial charge in [0, 0.05) is 10.5 Å². The zero-order valence-electron chi connectivity index (χ0n) is 13.1. The molecule has 2 aliphatic carbocycles. The minimum Gasteiger partial charge on any atom is -0.154 e. The van der Waals surface area contributed by atoms with Gasteiger partial charge < -0.3 is 0 Å². The van der Waals surface area contributed by atoms with E-state index in [1.54, 1.807) is 16.7 Å². The van der Waals surface area contributed by atoms with Gasteiger partial charge in [-0.25, -0.2) is 0 Å². The Labute approximate surface area is 180 Å². The summed E-state index contributed by atoms with van der Waals surface area (Å²) in [6, 6.07) is 5.12. The van der Waals surface area contributed by atoms with Gasteiger partial charge in [0.15, 0.2) is 0 Å². The second kappa shape index (κ2) is 5.19. The van der Waals surface area contributed by atoms with Gasteiger partial charge in [-0.2, -0.15) is 11.8 Å². The molecular weight excluding hydrogens is 376 g/mol. The van der Waals surface area contributed by atoms with Crippen molar-refractivity contribution in [2.45, 2.75) is 30.1 Å². The highest BCUT2D eigenvalue weighted by Gasteiger charge is 2.55. The van der Waals surface area contributed by atoms with Crippen LogP contribution in [0.2, 0.25) is 0 Å². The Kier molecular flexibility index (Phi) is 3.82. The molecule has 106 valence electrons. The number of thioether (sulfide) groups is 2. The molecule has 2 heterocycles. The molecule has 4 atom stereocenters. The molecule has 0 bridgehead atoms. The Morgan fingerprint density at radius 1 is 1.09 bits per heavy atom. The third-order valence-electron chi connectivity index (χ3n) is 6.49. The van der Waals surface area contributed by atoms with E-state index in [1.807, 2.05) is 11.8 Å². The lowest BCUT2D eigenvalue weighted by molar-refractivity contribution is 0.405. The Balaban J connectivity index is 1.76. The van der Waals surface area contributed by atoms with Crippen molar-refractivity contribution in [3.05, 3.63) is 45.9 Å². The smallest absolute Gasteiger partial charge is 0.111 e. The number of rotatable bonds is 0. The van der Waals surface area contributed by atoms with Gasteiger partial charge in [0.1, 0.15) is 65.2 Å². The zero-order chi connectivity index (χ0) is 16.2. The molecule has 4 unspecified atom stereocenters. The Morgan fingerprint density at radius 2 is 1.83 bits per heavy atom. The van der Waals surface area contributed by atoms with Gasteiger partial charge in [-0.15, -0.1) is 18.0 Å². The summed E-state index contributed by atoms with van der Waals surface area (Å²) in [6.07, 6.45) is 3.77. The van der Waals surface area contributed by atoms with E-state index >= 15 is 0 Å². The van der Waals surface area contributed by atoms with E-state index in [0.717, 1.165) is 5.92 Å². The Bertz CT molecular complexity index is 757. The van der Waals surface area contributed by atoms with Gasteiger partial charge in [-0.05, 0) is 40.0 Å². The largest absolute Gasteiger partial charge is 0.154 e. The van der Waals surface area contributed by atoms with Gasteiger partial charge in [0.25, 0.3) is 0 Å². The first-order valence-electron chi connectivity index (χ1n) is 8.07. The van der Waals surface area contributed by atoms with Crippen molar-refractivity contribution in [3.8, 4) is 0 Å². The predicted molar refractivity (Wildman–Crippen MR) is 104 cm³/mol. The molecule has 0 spiro atoms. The maximum Gasteiger partial charge on any atom is 0.111 e. The van der Waals surface area contributed by atoms with Crippen LogP contribution in [0.25, 0.3) is 0 Å². The summed E-state index contributed by atoms with van der Waals surface area (Å²) in [4.78, 5) is 0. The number of hydrogen-bond acceptors (Lipinski definition) is 2. The molecule has 23 heavy (non-hydrogen) atoms. The summed E-state index contributed by atoms with van der Waals surface area (Å²) in [5, 5.41) is 3.55. The van der Waals surface area contributed by atoms with Gasteiger partial charge >= 0.3 is 0 Å². The maximum absolute atomic E-state index is 3.18. The molecule has 4 aliphatic rings. The van der Waals surface area contributed by atoms with Crippen molar-refractivity contribution >= 4 is 88.7 Å². The molecule has 0 aromatic heterocycles. The van der Waals surface area contributed by atoms with Crippen LogP contribution in [0.1, 0.15) is 46.1 Å².